The van der Waals surface area contributed by atoms with Gasteiger partial charge in [0.2, 0.25) is 10.0 Å². The number of nitrogens with zero attached hydrogens (tertiary/aromatic N) is 3. The number of methoxy groups -OCH3 is 1. The zero-order valence-corrected chi connectivity index (χ0v) is 18.9. The molecule has 2 aromatic carbocycles. The van der Waals surface area contributed by atoms with Crippen molar-refractivity contribution in [2.45, 2.75) is 31.1 Å². The van der Waals surface area contributed by atoms with Crippen LogP contribution in [0.5, 0.6) is 5.75 Å². The predicted octanol–water partition coefficient (Wildman–Crippen LogP) is 3.41. The first-order chi connectivity index (χ1) is 15.4. The van der Waals surface area contributed by atoms with E-state index in [1.165, 1.54) is 34.4 Å². The van der Waals surface area contributed by atoms with Crippen LogP contribution in [0.3, 0.4) is 0 Å². The summed E-state index contributed by atoms with van der Waals surface area (Å²) >= 11 is 0. The normalized spacial score (nSPS) is 15.3. The van der Waals surface area contributed by atoms with Crippen molar-refractivity contribution in [2.24, 2.45) is 4.99 Å². The molecular formula is C23H26N4O4S. The average Bonchev–Trinajstić information content (AvgIpc) is 3.11. The highest BCUT2D eigenvalue weighted by atomic mass is 32.2. The Bertz CT molecular complexity index is 1290. The van der Waals surface area contributed by atoms with Gasteiger partial charge in [-0.15, -0.1) is 0 Å². The fourth-order valence-corrected chi connectivity index (χ4v) is 5.33. The maximum absolute atomic E-state index is 13.1. The third-order valence-electron chi connectivity index (χ3n) is 5.57. The molecular weight excluding hydrogens is 428 g/mol. The van der Waals surface area contributed by atoms with Crippen LogP contribution >= 0.6 is 0 Å². The quantitative estimate of drug-likeness (QED) is 0.577. The molecule has 0 aliphatic carbocycles. The molecule has 0 radical (unpaired) electrons. The van der Waals surface area contributed by atoms with Crippen molar-refractivity contribution in [3.63, 3.8) is 0 Å². The number of ether oxygens (including phenoxy) is 1. The van der Waals surface area contributed by atoms with Gasteiger partial charge in [-0.25, -0.2) is 13.1 Å². The van der Waals surface area contributed by atoms with E-state index in [1.807, 2.05) is 30.3 Å². The third-order valence-corrected chi connectivity index (χ3v) is 7.46. The van der Waals surface area contributed by atoms with E-state index in [0.29, 0.717) is 41.5 Å². The first-order valence-electron chi connectivity index (χ1n) is 10.5. The minimum Gasteiger partial charge on any atom is -0.494 e. The number of aliphatic imine (C=N–C) groups is 1. The number of nitrogens with one attached hydrogen (secondary N) is 1. The number of piperidine rings is 1. The predicted molar refractivity (Wildman–Crippen MR) is 124 cm³/mol. The average molecular weight is 455 g/mol. The minimum absolute atomic E-state index is 0.167. The highest BCUT2D eigenvalue weighted by Crippen LogP contribution is 2.32. The molecule has 2 heterocycles. The number of benzene rings is 2. The minimum atomic E-state index is -3.61. The van der Waals surface area contributed by atoms with E-state index in [4.69, 9.17) is 4.74 Å². The molecule has 1 N–H and O–H groups in total. The Kier molecular flexibility index (Phi) is 6.29. The van der Waals surface area contributed by atoms with Crippen LogP contribution in [-0.4, -0.2) is 48.9 Å². The van der Waals surface area contributed by atoms with E-state index in [2.05, 4.69) is 10.1 Å². The zero-order chi connectivity index (χ0) is 22.7. The molecule has 1 fully saturated rings. The number of rotatable bonds is 6. The van der Waals surface area contributed by atoms with Crippen LogP contribution in [0.15, 0.2) is 63.2 Å². The summed E-state index contributed by atoms with van der Waals surface area (Å²) in [6.45, 7) is 2.83. The summed E-state index contributed by atoms with van der Waals surface area (Å²) in [6, 6.07) is 13.9. The largest absolute Gasteiger partial charge is 0.494 e. The SMILES string of the molecule is COc1ccc(S(=O)(=O)N2CCCCC2)cc1N=Cc1c(C)[nH]n(-c2ccccc2)c1=O. The van der Waals surface area contributed by atoms with Gasteiger partial charge in [0.05, 0.1) is 23.3 Å². The highest BCUT2D eigenvalue weighted by molar-refractivity contribution is 7.89. The van der Waals surface area contributed by atoms with E-state index in [-0.39, 0.29) is 10.5 Å². The first kappa shape index (κ1) is 22.0. The number of aryl methyl sites for hydroxylation is 1. The Morgan fingerprint density at radius 1 is 1.06 bits per heavy atom. The fourth-order valence-electron chi connectivity index (χ4n) is 3.79. The van der Waals surface area contributed by atoms with Gasteiger partial charge in [-0.3, -0.25) is 14.9 Å². The molecule has 1 aliphatic heterocycles. The number of hydrogen-bond acceptors (Lipinski definition) is 5. The molecule has 168 valence electrons. The van der Waals surface area contributed by atoms with Crippen LogP contribution in [-0.2, 0) is 10.0 Å². The van der Waals surface area contributed by atoms with Gasteiger partial charge in [0, 0.05) is 25.0 Å². The lowest BCUT2D eigenvalue weighted by Gasteiger charge is -2.26. The van der Waals surface area contributed by atoms with Gasteiger partial charge in [-0.1, -0.05) is 24.6 Å². The van der Waals surface area contributed by atoms with Crippen molar-refractivity contribution < 1.29 is 13.2 Å². The second-order valence-electron chi connectivity index (χ2n) is 7.68. The first-order valence-corrected chi connectivity index (χ1v) is 11.9. The molecule has 0 bridgehead atoms. The van der Waals surface area contributed by atoms with Crippen molar-refractivity contribution in [2.75, 3.05) is 20.2 Å². The lowest BCUT2D eigenvalue weighted by molar-refractivity contribution is 0.346. The van der Waals surface area contributed by atoms with Crippen LogP contribution < -0.4 is 10.3 Å². The van der Waals surface area contributed by atoms with Crippen LogP contribution in [0.25, 0.3) is 5.69 Å². The number of hydrogen-bond donors (Lipinski definition) is 1. The second kappa shape index (κ2) is 9.13. The summed E-state index contributed by atoms with van der Waals surface area (Å²) in [5, 5.41) is 3.05. The Morgan fingerprint density at radius 2 is 1.78 bits per heavy atom. The van der Waals surface area contributed by atoms with Gasteiger partial charge >= 0.3 is 0 Å². The van der Waals surface area contributed by atoms with Gasteiger partial charge in [0.1, 0.15) is 11.4 Å². The summed E-state index contributed by atoms with van der Waals surface area (Å²) in [6.07, 6.45) is 4.21. The van der Waals surface area contributed by atoms with E-state index in [0.717, 1.165) is 19.3 Å². The van der Waals surface area contributed by atoms with Crippen molar-refractivity contribution in [1.82, 2.24) is 14.1 Å². The van der Waals surface area contributed by atoms with Crippen LogP contribution in [0.1, 0.15) is 30.5 Å². The van der Waals surface area contributed by atoms with Gasteiger partial charge < -0.3 is 4.74 Å². The summed E-state index contributed by atoms with van der Waals surface area (Å²) in [5.41, 5.74) is 1.86. The van der Waals surface area contributed by atoms with Crippen LogP contribution in [0.4, 0.5) is 5.69 Å². The molecule has 1 saturated heterocycles. The molecule has 4 rings (SSSR count). The topological polar surface area (TPSA) is 96.8 Å². The summed E-state index contributed by atoms with van der Waals surface area (Å²) in [7, 11) is -2.11. The van der Waals surface area contributed by atoms with Gasteiger partial charge in [-0.05, 0) is 50.1 Å². The van der Waals surface area contributed by atoms with E-state index in [1.54, 1.807) is 13.0 Å². The summed E-state index contributed by atoms with van der Waals surface area (Å²) in [4.78, 5) is 17.5. The number of para-hydroxylation sites is 1. The maximum atomic E-state index is 13.1. The smallest absolute Gasteiger partial charge is 0.280 e. The van der Waals surface area contributed by atoms with Crippen molar-refractivity contribution in [1.29, 1.82) is 0 Å². The number of aromatic nitrogens is 2. The molecule has 0 amide bonds. The van der Waals surface area contributed by atoms with Crippen molar-refractivity contribution >= 4 is 21.9 Å². The number of sulfonamides is 1. The van der Waals surface area contributed by atoms with E-state index in [9.17, 15) is 13.2 Å². The molecule has 32 heavy (non-hydrogen) atoms. The number of aromatic amines is 1. The van der Waals surface area contributed by atoms with E-state index < -0.39 is 10.0 Å². The van der Waals surface area contributed by atoms with Crippen molar-refractivity contribution in [3.05, 3.63) is 70.1 Å². The molecule has 9 heteroatoms. The molecule has 0 spiro atoms. The molecule has 8 nitrogen and oxygen atoms in total. The maximum Gasteiger partial charge on any atom is 0.280 e. The molecule has 0 unspecified atom stereocenters. The summed E-state index contributed by atoms with van der Waals surface area (Å²) < 4.78 is 34.4. The molecule has 0 saturated carbocycles. The Hall–Kier alpha value is -3.17. The van der Waals surface area contributed by atoms with E-state index >= 15 is 0 Å². The number of H-pyrrole nitrogens is 1. The van der Waals surface area contributed by atoms with Crippen molar-refractivity contribution in [3.8, 4) is 11.4 Å². The highest BCUT2D eigenvalue weighted by Gasteiger charge is 2.26. The van der Waals surface area contributed by atoms with Gasteiger partial charge in [0.15, 0.2) is 0 Å². The van der Waals surface area contributed by atoms with Gasteiger partial charge in [-0.2, -0.15) is 4.31 Å². The third kappa shape index (κ3) is 4.26. The lowest BCUT2D eigenvalue weighted by Crippen LogP contribution is -2.35. The second-order valence-corrected chi connectivity index (χ2v) is 9.62. The monoisotopic (exact) mass is 454 g/mol. The Balaban J connectivity index is 1.70. The standard InChI is InChI=1S/C23H26N4O4S/c1-17-20(23(28)27(25-17)18-9-5-3-6-10-18)16-24-21-15-19(11-12-22(21)31-2)32(29,30)26-13-7-4-8-14-26/h3,5-6,9-12,15-16,25H,4,7-8,13-14H2,1-2H3. The van der Waals surface area contributed by atoms with Crippen LogP contribution in [0.2, 0.25) is 0 Å². The fraction of sp³-hybridized carbons (Fsp3) is 0.304. The zero-order valence-electron chi connectivity index (χ0n) is 18.1. The lowest BCUT2D eigenvalue weighted by atomic mass is 10.2. The van der Waals surface area contributed by atoms with Crippen LogP contribution in [0, 0.1) is 6.92 Å². The van der Waals surface area contributed by atoms with Gasteiger partial charge in [0.25, 0.3) is 5.56 Å². The Morgan fingerprint density at radius 3 is 2.47 bits per heavy atom. The Labute approximate surface area is 187 Å². The molecule has 0 atom stereocenters. The molecule has 1 aliphatic rings. The molecule has 3 aromatic rings. The summed E-state index contributed by atoms with van der Waals surface area (Å²) in [5.74, 6) is 0.426. The molecule has 1 aromatic heterocycles.